The summed E-state index contributed by atoms with van der Waals surface area (Å²) in [5, 5.41) is 0.946. The molecule has 0 fully saturated rings. The maximum atomic E-state index is 5.87. The van der Waals surface area contributed by atoms with E-state index in [0.29, 0.717) is 11.7 Å². The molecule has 0 amide bonds. The van der Waals surface area contributed by atoms with E-state index >= 15 is 0 Å². The first-order chi connectivity index (χ1) is 7.15. The first-order valence-electron chi connectivity index (χ1n) is 4.94. The molecule has 80 valence electrons. The molecule has 0 aliphatic carbocycles. The molecule has 0 saturated heterocycles. The first kappa shape index (κ1) is 9.76. The number of fused-ring (bicyclic) bond motifs is 1. The van der Waals surface area contributed by atoms with Crippen LogP contribution >= 0.6 is 0 Å². The van der Waals surface area contributed by atoms with Gasteiger partial charge in [0, 0.05) is 13.2 Å². The van der Waals surface area contributed by atoms with Crippen molar-refractivity contribution in [1.29, 1.82) is 0 Å². The van der Waals surface area contributed by atoms with Gasteiger partial charge in [0.1, 0.15) is 12.1 Å². The van der Waals surface area contributed by atoms with E-state index in [4.69, 9.17) is 5.73 Å². The van der Waals surface area contributed by atoms with Crippen molar-refractivity contribution < 1.29 is 0 Å². The van der Waals surface area contributed by atoms with Gasteiger partial charge in [-0.05, 0) is 11.5 Å². The molecule has 0 radical (unpaired) electrons. The minimum absolute atomic E-state index is 0.399. The predicted molar refractivity (Wildman–Crippen MR) is 61.3 cm³/mol. The molecule has 2 rings (SSSR count). The van der Waals surface area contributed by atoms with E-state index in [1.54, 1.807) is 0 Å². The zero-order valence-corrected chi connectivity index (χ0v) is 9.15. The van der Waals surface area contributed by atoms with Crippen LogP contribution in [0.25, 0.3) is 11.0 Å². The number of nitrogens with two attached hydrogens (primary N) is 1. The fourth-order valence-corrected chi connectivity index (χ4v) is 1.72. The Morgan fingerprint density at radius 3 is 2.73 bits per heavy atom. The van der Waals surface area contributed by atoms with E-state index in [1.165, 1.54) is 6.33 Å². The highest BCUT2D eigenvalue weighted by Crippen LogP contribution is 2.28. The van der Waals surface area contributed by atoms with Crippen LogP contribution in [0, 0.1) is 0 Å². The van der Waals surface area contributed by atoms with Crippen molar-refractivity contribution in [2.75, 3.05) is 18.2 Å². The summed E-state index contributed by atoms with van der Waals surface area (Å²) in [6, 6.07) is 0. The SMILES string of the molecule is CNn1cc(C(C)C)c2c(N)ncnc21. The van der Waals surface area contributed by atoms with Gasteiger partial charge >= 0.3 is 0 Å². The maximum absolute atomic E-state index is 5.87. The van der Waals surface area contributed by atoms with Crippen LogP contribution in [0.5, 0.6) is 0 Å². The van der Waals surface area contributed by atoms with Crippen molar-refractivity contribution in [1.82, 2.24) is 14.6 Å². The molecule has 0 aromatic carbocycles. The van der Waals surface area contributed by atoms with Crippen molar-refractivity contribution >= 4 is 16.9 Å². The summed E-state index contributed by atoms with van der Waals surface area (Å²) in [6.45, 7) is 4.25. The molecule has 0 aliphatic rings. The topological polar surface area (TPSA) is 68.8 Å². The summed E-state index contributed by atoms with van der Waals surface area (Å²) in [4.78, 5) is 8.25. The van der Waals surface area contributed by atoms with Gasteiger partial charge in [0.25, 0.3) is 0 Å². The van der Waals surface area contributed by atoms with E-state index in [9.17, 15) is 0 Å². The van der Waals surface area contributed by atoms with Crippen LogP contribution in [-0.4, -0.2) is 21.7 Å². The van der Waals surface area contributed by atoms with E-state index in [0.717, 1.165) is 16.6 Å². The minimum Gasteiger partial charge on any atom is -0.383 e. The molecule has 0 bridgehead atoms. The maximum Gasteiger partial charge on any atom is 0.164 e. The molecule has 0 aliphatic heterocycles. The van der Waals surface area contributed by atoms with Gasteiger partial charge in [-0.1, -0.05) is 13.8 Å². The Hall–Kier alpha value is -1.78. The third-order valence-corrected chi connectivity index (χ3v) is 2.50. The molecular weight excluding hydrogens is 190 g/mol. The second-order valence-electron chi connectivity index (χ2n) is 3.79. The van der Waals surface area contributed by atoms with Crippen molar-refractivity contribution in [3.63, 3.8) is 0 Å². The number of nitrogens with one attached hydrogen (secondary N) is 1. The van der Waals surface area contributed by atoms with Crippen LogP contribution in [0.15, 0.2) is 12.5 Å². The average molecular weight is 205 g/mol. The third kappa shape index (κ3) is 1.40. The van der Waals surface area contributed by atoms with Crippen molar-refractivity contribution in [3.05, 3.63) is 18.1 Å². The van der Waals surface area contributed by atoms with Crippen LogP contribution in [-0.2, 0) is 0 Å². The highest BCUT2D eigenvalue weighted by Gasteiger charge is 2.14. The number of hydrogen-bond donors (Lipinski definition) is 2. The lowest BCUT2D eigenvalue weighted by Crippen LogP contribution is -2.07. The fourth-order valence-electron chi connectivity index (χ4n) is 1.72. The molecule has 0 atom stereocenters. The largest absolute Gasteiger partial charge is 0.383 e. The standard InChI is InChI=1S/C10H15N5/c1-6(2)7-4-15(12-3)10-8(7)9(11)13-5-14-10/h4-6,12H,1-3H3,(H2,11,13,14). The Balaban J connectivity index is 2.82. The number of anilines is 1. The zero-order chi connectivity index (χ0) is 11.0. The van der Waals surface area contributed by atoms with E-state index in [1.807, 2.05) is 17.9 Å². The van der Waals surface area contributed by atoms with E-state index in [2.05, 4.69) is 29.2 Å². The van der Waals surface area contributed by atoms with Gasteiger partial charge in [0.15, 0.2) is 5.65 Å². The van der Waals surface area contributed by atoms with Crippen LogP contribution < -0.4 is 11.2 Å². The summed E-state index contributed by atoms with van der Waals surface area (Å²) in [5.41, 5.74) is 10.9. The summed E-state index contributed by atoms with van der Waals surface area (Å²) in [5.74, 6) is 0.938. The number of hydrogen-bond acceptors (Lipinski definition) is 4. The van der Waals surface area contributed by atoms with Crippen LogP contribution in [0.3, 0.4) is 0 Å². The highest BCUT2D eigenvalue weighted by atomic mass is 15.4. The molecule has 0 unspecified atom stereocenters. The van der Waals surface area contributed by atoms with Crippen LogP contribution in [0.2, 0.25) is 0 Å². The molecule has 2 heterocycles. The quantitative estimate of drug-likeness (QED) is 0.775. The lowest BCUT2D eigenvalue weighted by Gasteiger charge is -2.02. The number of nitrogen functional groups attached to an aromatic ring is 1. The Bertz CT molecular complexity index is 486. The van der Waals surface area contributed by atoms with Crippen molar-refractivity contribution in [2.45, 2.75) is 19.8 Å². The summed E-state index contributed by atoms with van der Waals surface area (Å²) in [6.07, 6.45) is 3.50. The second kappa shape index (κ2) is 3.42. The molecular formula is C10H15N5. The molecule has 0 saturated carbocycles. The minimum atomic E-state index is 0.399. The third-order valence-electron chi connectivity index (χ3n) is 2.50. The molecule has 0 spiro atoms. The Kier molecular flexibility index (Phi) is 2.22. The molecule has 2 aromatic rings. The van der Waals surface area contributed by atoms with Gasteiger partial charge in [-0.3, -0.25) is 0 Å². The van der Waals surface area contributed by atoms with Gasteiger partial charge in [-0.2, -0.15) is 0 Å². The second-order valence-corrected chi connectivity index (χ2v) is 3.79. The summed E-state index contributed by atoms with van der Waals surface area (Å²) in [7, 11) is 1.85. The number of nitrogens with zero attached hydrogens (tertiary/aromatic N) is 3. The zero-order valence-electron chi connectivity index (χ0n) is 9.15. The molecule has 2 aromatic heterocycles. The molecule has 3 N–H and O–H groups in total. The first-order valence-corrected chi connectivity index (χ1v) is 4.94. The summed E-state index contributed by atoms with van der Waals surface area (Å²) < 4.78 is 1.86. The highest BCUT2D eigenvalue weighted by molar-refractivity contribution is 5.90. The lowest BCUT2D eigenvalue weighted by atomic mass is 10.0. The molecule has 15 heavy (non-hydrogen) atoms. The van der Waals surface area contributed by atoms with Gasteiger partial charge < -0.3 is 11.2 Å². The van der Waals surface area contributed by atoms with Crippen molar-refractivity contribution in [2.24, 2.45) is 0 Å². The number of rotatable bonds is 2. The lowest BCUT2D eigenvalue weighted by molar-refractivity contribution is 0.858. The van der Waals surface area contributed by atoms with E-state index in [-0.39, 0.29) is 0 Å². The van der Waals surface area contributed by atoms with Gasteiger partial charge in [0.2, 0.25) is 0 Å². The average Bonchev–Trinajstić information content (AvgIpc) is 2.58. The Morgan fingerprint density at radius 2 is 2.13 bits per heavy atom. The molecule has 5 nitrogen and oxygen atoms in total. The van der Waals surface area contributed by atoms with Gasteiger partial charge in [-0.25, -0.2) is 14.6 Å². The van der Waals surface area contributed by atoms with Crippen LogP contribution in [0.1, 0.15) is 25.3 Å². The fraction of sp³-hybridized carbons (Fsp3) is 0.400. The van der Waals surface area contributed by atoms with Crippen LogP contribution in [0.4, 0.5) is 5.82 Å². The van der Waals surface area contributed by atoms with Gasteiger partial charge in [0.05, 0.1) is 5.39 Å². The molecule has 5 heteroatoms. The Labute approximate surface area is 88.3 Å². The predicted octanol–water partition coefficient (Wildman–Crippen LogP) is 1.31. The number of aromatic nitrogens is 3. The summed E-state index contributed by atoms with van der Waals surface area (Å²) >= 11 is 0. The van der Waals surface area contributed by atoms with Crippen molar-refractivity contribution in [3.8, 4) is 0 Å². The van der Waals surface area contributed by atoms with E-state index < -0.39 is 0 Å². The monoisotopic (exact) mass is 205 g/mol. The normalized spacial score (nSPS) is 11.2. The van der Waals surface area contributed by atoms with Gasteiger partial charge in [-0.15, -0.1) is 0 Å². The smallest absolute Gasteiger partial charge is 0.164 e. The Morgan fingerprint density at radius 1 is 1.40 bits per heavy atom.